The van der Waals surface area contributed by atoms with Crippen LogP contribution in [0.15, 0.2) is 18.2 Å². The number of imide groups is 1. The zero-order chi connectivity index (χ0) is 20.5. The summed E-state index contributed by atoms with van der Waals surface area (Å²) in [6.45, 7) is 1.73. The number of nitrogens with zero attached hydrogens (tertiary/aromatic N) is 3. The summed E-state index contributed by atoms with van der Waals surface area (Å²) in [6.07, 6.45) is 1.68. The number of fused-ring (bicyclic) bond motifs is 1. The minimum absolute atomic E-state index is 0.225. The van der Waals surface area contributed by atoms with Gasteiger partial charge in [-0.2, -0.15) is 4.31 Å². The van der Waals surface area contributed by atoms with Crippen LogP contribution < -0.4 is 0 Å². The quantitative estimate of drug-likeness (QED) is 0.485. The number of rotatable bonds is 6. The minimum atomic E-state index is -3.28. The fourth-order valence-corrected chi connectivity index (χ4v) is 4.23. The molecule has 1 aromatic rings. The highest BCUT2D eigenvalue weighted by Gasteiger charge is 2.36. The molecule has 1 aromatic carbocycles. The molecular weight excluding hydrogens is 386 g/mol. The Labute approximate surface area is 163 Å². The molecule has 0 aliphatic carbocycles. The predicted molar refractivity (Wildman–Crippen MR) is 101 cm³/mol. The maximum atomic E-state index is 12.8. The summed E-state index contributed by atoms with van der Waals surface area (Å²) in [5.74, 6) is -1.06. The van der Waals surface area contributed by atoms with Crippen LogP contribution in [0.2, 0.25) is 0 Å². The summed E-state index contributed by atoms with van der Waals surface area (Å²) < 4.78 is 29.5. The van der Waals surface area contributed by atoms with E-state index in [4.69, 9.17) is 4.74 Å². The summed E-state index contributed by atoms with van der Waals surface area (Å²) in [7, 11) is -1.73. The molecule has 1 fully saturated rings. The predicted octanol–water partition coefficient (Wildman–Crippen LogP) is 0.0365. The average molecular weight is 409 g/mol. The summed E-state index contributed by atoms with van der Waals surface area (Å²) >= 11 is 0. The number of carbonyl (C=O) groups is 3. The SMILES string of the molecule is COCCCN1C(=O)c2ccc(C(=O)N3CCN(S(C)(=O)=O)CC3)cc2C1=O. The lowest BCUT2D eigenvalue weighted by atomic mass is 10.0. The summed E-state index contributed by atoms with van der Waals surface area (Å²) in [4.78, 5) is 40.5. The van der Waals surface area contributed by atoms with Crippen molar-refractivity contribution in [3.05, 3.63) is 34.9 Å². The Kier molecular flexibility index (Phi) is 5.82. The van der Waals surface area contributed by atoms with Gasteiger partial charge in [0.1, 0.15) is 0 Å². The van der Waals surface area contributed by atoms with Crippen LogP contribution in [0.5, 0.6) is 0 Å². The number of benzene rings is 1. The molecule has 0 atom stereocenters. The van der Waals surface area contributed by atoms with Crippen molar-refractivity contribution in [3.8, 4) is 0 Å². The second-order valence-electron chi connectivity index (χ2n) is 6.82. The third kappa shape index (κ3) is 3.94. The van der Waals surface area contributed by atoms with Gasteiger partial charge in [0.05, 0.1) is 17.4 Å². The highest BCUT2D eigenvalue weighted by Crippen LogP contribution is 2.25. The van der Waals surface area contributed by atoms with Gasteiger partial charge in [0.15, 0.2) is 0 Å². The first-order valence-electron chi connectivity index (χ1n) is 8.97. The van der Waals surface area contributed by atoms with Gasteiger partial charge in [0, 0.05) is 52.0 Å². The standard InChI is InChI=1S/C18H23N3O6S/c1-27-11-3-6-21-17(23)14-5-4-13(12-15(14)18(21)24)16(22)19-7-9-20(10-8-19)28(2,25)26/h4-5,12H,3,6-11H2,1-2H3. The number of amides is 3. The van der Waals surface area contributed by atoms with Crippen molar-refractivity contribution in [2.45, 2.75) is 6.42 Å². The molecule has 0 N–H and O–H groups in total. The van der Waals surface area contributed by atoms with E-state index in [-0.39, 0.29) is 50.1 Å². The molecule has 0 bridgehead atoms. The van der Waals surface area contributed by atoms with Gasteiger partial charge in [-0.3, -0.25) is 19.3 Å². The van der Waals surface area contributed by atoms with Gasteiger partial charge in [-0.05, 0) is 24.6 Å². The van der Waals surface area contributed by atoms with Crippen molar-refractivity contribution in [3.63, 3.8) is 0 Å². The Bertz CT molecular complexity index is 906. The maximum Gasteiger partial charge on any atom is 0.261 e. The number of piperazine rings is 1. The van der Waals surface area contributed by atoms with Crippen LogP contribution in [0.3, 0.4) is 0 Å². The highest BCUT2D eigenvalue weighted by atomic mass is 32.2. The van der Waals surface area contributed by atoms with E-state index in [1.807, 2.05) is 0 Å². The molecular formula is C18H23N3O6S. The number of hydrogen-bond donors (Lipinski definition) is 0. The van der Waals surface area contributed by atoms with Gasteiger partial charge in [0.25, 0.3) is 17.7 Å². The lowest BCUT2D eigenvalue weighted by Crippen LogP contribution is -2.50. The molecule has 2 heterocycles. The Morgan fingerprint density at radius 1 is 1.07 bits per heavy atom. The molecule has 9 nitrogen and oxygen atoms in total. The Balaban J connectivity index is 1.72. The molecule has 2 aliphatic rings. The lowest BCUT2D eigenvalue weighted by Gasteiger charge is -2.33. The molecule has 0 aromatic heterocycles. The number of hydrogen-bond acceptors (Lipinski definition) is 6. The van der Waals surface area contributed by atoms with E-state index < -0.39 is 15.9 Å². The van der Waals surface area contributed by atoms with Gasteiger partial charge in [-0.25, -0.2) is 8.42 Å². The average Bonchev–Trinajstić information content (AvgIpc) is 2.91. The topological polar surface area (TPSA) is 104 Å². The van der Waals surface area contributed by atoms with Crippen LogP contribution in [0.1, 0.15) is 37.5 Å². The van der Waals surface area contributed by atoms with Crippen LogP contribution in [0, 0.1) is 0 Å². The van der Waals surface area contributed by atoms with E-state index in [0.717, 1.165) is 6.26 Å². The Morgan fingerprint density at radius 3 is 2.32 bits per heavy atom. The van der Waals surface area contributed by atoms with Crippen LogP contribution in [0.4, 0.5) is 0 Å². The second-order valence-corrected chi connectivity index (χ2v) is 8.81. The number of methoxy groups -OCH3 is 1. The van der Waals surface area contributed by atoms with Gasteiger partial charge in [0.2, 0.25) is 10.0 Å². The maximum absolute atomic E-state index is 12.8. The fourth-order valence-electron chi connectivity index (χ4n) is 3.40. The van der Waals surface area contributed by atoms with Gasteiger partial charge in [-0.15, -0.1) is 0 Å². The van der Waals surface area contributed by atoms with Crippen LogP contribution >= 0.6 is 0 Å². The van der Waals surface area contributed by atoms with Crippen molar-refractivity contribution in [1.82, 2.24) is 14.1 Å². The van der Waals surface area contributed by atoms with Crippen LogP contribution in [0.25, 0.3) is 0 Å². The fraction of sp³-hybridized carbons (Fsp3) is 0.500. The van der Waals surface area contributed by atoms with Crippen LogP contribution in [-0.2, 0) is 14.8 Å². The van der Waals surface area contributed by atoms with E-state index in [1.165, 1.54) is 27.4 Å². The number of ether oxygens (including phenoxy) is 1. The van der Waals surface area contributed by atoms with E-state index in [1.54, 1.807) is 12.0 Å². The molecule has 0 saturated carbocycles. The molecule has 1 saturated heterocycles. The Hall–Kier alpha value is -2.30. The minimum Gasteiger partial charge on any atom is -0.385 e. The molecule has 10 heteroatoms. The zero-order valence-corrected chi connectivity index (χ0v) is 16.7. The van der Waals surface area contributed by atoms with E-state index in [2.05, 4.69) is 0 Å². The third-order valence-electron chi connectivity index (χ3n) is 4.94. The molecule has 0 unspecified atom stereocenters. The van der Waals surface area contributed by atoms with Gasteiger partial charge >= 0.3 is 0 Å². The van der Waals surface area contributed by atoms with Crippen molar-refractivity contribution < 1.29 is 27.5 Å². The summed E-state index contributed by atoms with van der Waals surface area (Å²) in [5, 5.41) is 0. The lowest BCUT2D eigenvalue weighted by molar-refractivity contribution is 0.0638. The largest absolute Gasteiger partial charge is 0.385 e. The highest BCUT2D eigenvalue weighted by molar-refractivity contribution is 7.88. The zero-order valence-electron chi connectivity index (χ0n) is 15.9. The van der Waals surface area contributed by atoms with Gasteiger partial charge in [-0.1, -0.05) is 0 Å². The summed E-state index contributed by atoms with van der Waals surface area (Å²) in [6, 6.07) is 4.50. The van der Waals surface area contributed by atoms with Gasteiger partial charge < -0.3 is 9.64 Å². The number of carbonyl (C=O) groups excluding carboxylic acids is 3. The first-order valence-corrected chi connectivity index (χ1v) is 10.8. The first kappa shape index (κ1) is 20.4. The third-order valence-corrected chi connectivity index (χ3v) is 6.25. The molecule has 0 radical (unpaired) electrons. The smallest absolute Gasteiger partial charge is 0.261 e. The second kappa shape index (κ2) is 7.98. The van der Waals surface area contributed by atoms with E-state index >= 15 is 0 Å². The van der Waals surface area contributed by atoms with Crippen molar-refractivity contribution in [2.75, 3.05) is 52.7 Å². The molecule has 2 aliphatic heterocycles. The molecule has 3 rings (SSSR count). The molecule has 152 valence electrons. The van der Waals surface area contributed by atoms with E-state index in [0.29, 0.717) is 24.2 Å². The normalized spacial score (nSPS) is 17.9. The Morgan fingerprint density at radius 2 is 1.71 bits per heavy atom. The summed E-state index contributed by atoms with van der Waals surface area (Å²) in [5.41, 5.74) is 0.829. The van der Waals surface area contributed by atoms with Crippen molar-refractivity contribution in [2.24, 2.45) is 0 Å². The molecule has 28 heavy (non-hydrogen) atoms. The van der Waals surface area contributed by atoms with Crippen LogP contribution in [-0.4, -0.2) is 92.9 Å². The number of sulfonamides is 1. The first-order chi connectivity index (χ1) is 13.2. The van der Waals surface area contributed by atoms with Crippen molar-refractivity contribution in [1.29, 1.82) is 0 Å². The molecule has 3 amide bonds. The monoisotopic (exact) mass is 409 g/mol. The van der Waals surface area contributed by atoms with Crippen molar-refractivity contribution >= 4 is 27.7 Å². The van der Waals surface area contributed by atoms with E-state index in [9.17, 15) is 22.8 Å². The molecule has 0 spiro atoms.